The smallest absolute Gasteiger partial charge is 0.346 e. The van der Waals surface area contributed by atoms with Gasteiger partial charge in [0.1, 0.15) is 10.6 Å². The van der Waals surface area contributed by atoms with E-state index < -0.39 is 38.2 Å². The van der Waals surface area contributed by atoms with Gasteiger partial charge in [-0.2, -0.15) is 13.2 Å². The van der Waals surface area contributed by atoms with E-state index in [0.717, 1.165) is 35.6 Å². The lowest BCUT2D eigenvalue weighted by Crippen LogP contribution is -2.21. The summed E-state index contributed by atoms with van der Waals surface area (Å²) in [5, 5.41) is 4.06. The molecule has 200 valence electrons. The first-order valence-corrected chi connectivity index (χ1v) is 14.8. The first-order chi connectivity index (χ1) is 17.6. The van der Waals surface area contributed by atoms with E-state index in [4.69, 9.17) is 0 Å². The van der Waals surface area contributed by atoms with Crippen LogP contribution in [0.4, 0.5) is 19.0 Å². The summed E-state index contributed by atoms with van der Waals surface area (Å²) in [6, 6.07) is 11.7. The van der Waals surface area contributed by atoms with Gasteiger partial charge >= 0.3 is 21.4 Å². The summed E-state index contributed by atoms with van der Waals surface area (Å²) in [4.78, 5) is 59.6. The van der Waals surface area contributed by atoms with Crippen LogP contribution in [0.3, 0.4) is 0 Å². The molecule has 0 fully saturated rings. The molecule has 2 heterocycles. The first kappa shape index (κ1) is 28.1. The Balaban J connectivity index is 1.65. The standard InChI is InChI=1S/C22H18F3N3O7P2S/c23-22(24,25)15-6-4-13(5-7-15)17(29)11-12-2-1-3-14(10-12)18-26-19(16-8-9-38-20(16)27-18)28-21(36(30,31)32)37(33,34)35/h1-10,21H,11H2,(H,26,27,28)(H2,30,31,32)(H2,33,34,35). The van der Waals surface area contributed by atoms with Gasteiger partial charge in [0.05, 0.1) is 10.9 Å². The maximum atomic E-state index is 12.8. The molecule has 16 heteroatoms. The molecular formula is C22H18F3N3O7P2S. The van der Waals surface area contributed by atoms with Gasteiger partial charge in [-0.1, -0.05) is 30.3 Å². The van der Waals surface area contributed by atoms with Gasteiger partial charge in [-0.15, -0.1) is 11.3 Å². The number of carbonyl (C=O) groups excluding carboxylic acids is 1. The van der Waals surface area contributed by atoms with Crippen molar-refractivity contribution in [3.8, 4) is 11.4 Å². The monoisotopic (exact) mass is 587 g/mol. The average molecular weight is 587 g/mol. The van der Waals surface area contributed by atoms with Crippen LogP contribution in [0.15, 0.2) is 60.0 Å². The van der Waals surface area contributed by atoms with Crippen molar-refractivity contribution in [3.05, 3.63) is 76.7 Å². The number of thiophene rings is 1. The minimum atomic E-state index is -5.31. The summed E-state index contributed by atoms with van der Waals surface area (Å²) in [6.07, 6.45) is -4.67. The van der Waals surface area contributed by atoms with Gasteiger partial charge in [0.25, 0.3) is 0 Å². The van der Waals surface area contributed by atoms with Crippen molar-refractivity contribution in [2.45, 2.75) is 18.1 Å². The number of nitrogens with zero attached hydrogens (tertiary/aromatic N) is 2. The lowest BCUT2D eigenvalue weighted by atomic mass is 10.00. The molecule has 0 atom stereocenters. The molecule has 0 spiro atoms. The Hall–Kier alpha value is -2.96. The topological polar surface area (TPSA) is 170 Å². The molecule has 0 aliphatic heterocycles. The highest BCUT2D eigenvalue weighted by Gasteiger charge is 2.44. The van der Waals surface area contributed by atoms with E-state index in [-0.39, 0.29) is 29.0 Å². The predicted octanol–water partition coefficient (Wildman–Crippen LogP) is 4.85. The van der Waals surface area contributed by atoms with Crippen molar-refractivity contribution < 1.29 is 46.7 Å². The van der Waals surface area contributed by atoms with Crippen molar-refractivity contribution in [1.82, 2.24) is 9.97 Å². The molecule has 0 aliphatic carbocycles. The Morgan fingerprint density at radius 3 is 2.24 bits per heavy atom. The zero-order valence-corrected chi connectivity index (χ0v) is 21.5. The highest BCUT2D eigenvalue weighted by Crippen LogP contribution is 2.59. The van der Waals surface area contributed by atoms with Crippen molar-refractivity contribution in [2.24, 2.45) is 0 Å². The number of benzene rings is 2. The second-order valence-corrected chi connectivity index (χ2v) is 12.8. The zero-order chi connectivity index (χ0) is 27.9. The third-order valence-electron chi connectivity index (χ3n) is 5.31. The highest BCUT2D eigenvalue weighted by molar-refractivity contribution is 7.71. The molecule has 2 aromatic carbocycles. The molecule has 0 bridgehead atoms. The van der Waals surface area contributed by atoms with Crippen LogP contribution in [0.1, 0.15) is 21.5 Å². The summed E-state index contributed by atoms with van der Waals surface area (Å²) in [6.45, 7) is 0. The molecule has 10 nitrogen and oxygen atoms in total. The fourth-order valence-corrected chi connectivity index (χ4v) is 6.45. The molecular weight excluding hydrogens is 569 g/mol. The molecule has 2 aromatic heterocycles. The number of hydrogen-bond acceptors (Lipinski definition) is 7. The lowest BCUT2D eigenvalue weighted by molar-refractivity contribution is -0.137. The van der Waals surface area contributed by atoms with E-state index in [1.807, 2.05) is 0 Å². The molecule has 4 aromatic rings. The summed E-state index contributed by atoms with van der Waals surface area (Å²) in [5.74, 6) is -0.602. The second-order valence-electron chi connectivity index (χ2n) is 8.11. The Bertz CT molecular complexity index is 1580. The van der Waals surface area contributed by atoms with E-state index in [0.29, 0.717) is 16.0 Å². The first-order valence-electron chi connectivity index (χ1n) is 10.5. The largest absolute Gasteiger partial charge is 0.416 e. The number of halogens is 3. The molecule has 0 saturated carbocycles. The lowest BCUT2D eigenvalue weighted by Gasteiger charge is -2.21. The average Bonchev–Trinajstić information content (AvgIpc) is 3.29. The van der Waals surface area contributed by atoms with Gasteiger partial charge in [0.2, 0.25) is 5.52 Å². The molecule has 0 saturated heterocycles. The fraction of sp³-hybridized carbons (Fsp3) is 0.136. The molecule has 0 unspecified atom stereocenters. The van der Waals surface area contributed by atoms with Crippen molar-refractivity contribution in [1.29, 1.82) is 0 Å². The van der Waals surface area contributed by atoms with Crippen molar-refractivity contribution >= 4 is 48.3 Å². The zero-order valence-electron chi connectivity index (χ0n) is 18.9. The number of carbonyl (C=O) groups is 1. The number of aromatic nitrogens is 2. The predicted molar refractivity (Wildman–Crippen MR) is 134 cm³/mol. The third kappa shape index (κ3) is 6.36. The van der Waals surface area contributed by atoms with Gasteiger partial charge in [-0.25, -0.2) is 9.97 Å². The number of nitrogens with one attached hydrogen (secondary N) is 1. The Morgan fingerprint density at radius 2 is 1.63 bits per heavy atom. The van der Waals surface area contributed by atoms with Crippen LogP contribution in [-0.2, 0) is 21.7 Å². The molecule has 0 aliphatic rings. The van der Waals surface area contributed by atoms with Crippen LogP contribution in [0.2, 0.25) is 0 Å². The van der Waals surface area contributed by atoms with Crippen LogP contribution in [-0.4, -0.2) is 40.8 Å². The quantitative estimate of drug-likeness (QED) is 0.142. The van der Waals surface area contributed by atoms with E-state index >= 15 is 0 Å². The van der Waals surface area contributed by atoms with Crippen LogP contribution in [0.5, 0.6) is 0 Å². The van der Waals surface area contributed by atoms with E-state index in [1.54, 1.807) is 29.6 Å². The SMILES string of the molecule is O=C(Cc1cccc(-c2nc(NC(P(=O)(O)O)P(=O)(O)O)c3ccsc3n2)c1)c1ccc(C(F)(F)F)cc1. The normalized spacial score (nSPS) is 12.7. The minimum absolute atomic E-state index is 0.0430. The fourth-order valence-electron chi connectivity index (χ4n) is 3.53. The van der Waals surface area contributed by atoms with Crippen molar-refractivity contribution in [3.63, 3.8) is 0 Å². The molecule has 0 radical (unpaired) electrons. The Morgan fingerprint density at radius 1 is 0.974 bits per heavy atom. The highest BCUT2D eigenvalue weighted by atomic mass is 32.1. The number of fused-ring (bicyclic) bond motifs is 1. The summed E-state index contributed by atoms with van der Waals surface area (Å²) in [7, 11) is -10.6. The summed E-state index contributed by atoms with van der Waals surface area (Å²) < 4.78 is 61.9. The number of ketones is 1. The summed E-state index contributed by atoms with van der Waals surface area (Å²) in [5.41, 5.74) is -2.45. The molecule has 5 N–H and O–H groups in total. The maximum absolute atomic E-state index is 12.8. The number of Topliss-reactive ketones (excluding diaryl/α,β-unsaturated/α-hetero) is 1. The minimum Gasteiger partial charge on any atom is -0.346 e. The van der Waals surface area contributed by atoms with E-state index in [2.05, 4.69) is 15.3 Å². The van der Waals surface area contributed by atoms with Gasteiger partial charge in [-0.05, 0) is 35.2 Å². The summed E-state index contributed by atoms with van der Waals surface area (Å²) >= 11 is 1.15. The van der Waals surface area contributed by atoms with Crippen LogP contribution < -0.4 is 5.32 Å². The van der Waals surface area contributed by atoms with Gasteiger partial charge in [0.15, 0.2) is 11.6 Å². The van der Waals surface area contributed by atoms with Crippen LogP contribution in [0.25, 0.3) is 21.6 Å². The number of alkyl halides is 3. The van der Waals surface area contributed by atoms with Gasteiger partial charge < -0.3 is 24.9 Å². The third-order valence-corrected chi connectivity index (χ3v) is 9.46. The molecule has 4 rings (SSSR count). The van der Waals surface area contributed by atoms with Crippen molar-refractivity contribution in [2.75, 3.05) is 5.32 Å². The molecule has 38 heavy (non-hydrogen) atoms. The molecule has 0 amide bonds. The van der Waals surface area contributed by atoms with Gasteiger partial charge in [0, 0.05) is 17.5 Å². The van der Waals surface area contributed by atoms with Gasteiger partial charge in [-0.3, -0.25) is 13.9 Å². The Kier molecular flexibility index (Phi) is 7.61. The second kappa shape index (κ2) is 10.3. The van der Waals surface area contributed by atoms with Crippen LogP contribution >= 0.6 is 26.5 Å². The number of hydrogen-bond donors (Lipinski definition) is 5. The number of rotatable bonds is 8. The number of anilines is 1. The van der Waals surface area contributed by atoms with E-state index in [9.17, 15) is 46.7 Å². The maximum Gasteiger partial charge on any atom is 0.416 e. The van der Waals surface area contributed by atoms with Crippen LogP contribution in [0, 0.1) is 0 Å². The Labute approximate surface area is 216 Å². The van der Waals surface area contributed by atoms with E-state index in [1.165, 1.54) is 6.07 Å².